The number of methoxy groups -OCH3 is 1. The van der Waals surface area contributed by atoms with E-state index in [4.69, 9.17) is 4.74 Å². The van der Waals surface area contributed by atoms with Gasteiger partial charge in [-0.1, -0.05) is 6.58 Å². The van der Waals surface area contributed by atoms with Crippen LogP contribution in [0.15, 0.2) is 12.2 Å². The maximum absolute atomic E-state index is 9.93. The fourth-order valence-corrected chi connectivity index (χ4v) is 0.247. The monoisotopic (exact) mass is 114 g/mol. The minimum absolute atomic E-state index is 0.146. The second kappa shape index (κ2) is 3.38. The predicted molar refractivity (Wildman–Crippen MR) is 31.7 cm³/mol. The van der Waals surface area contributed by atoms with Gasteiger partial charge in [0.05, 0.1) is 6.10 Å². The lowest BCUT2D eigenvalue weighted by atomic mass is 10.2. The van der Waals surface area contributed by atoms with Crippen molar-refractivity contribution in [1.82, 2.24) is 0 Å². The molecule has 0 amide bonds. The van der Waals surface area contributed by atoms with Crippen molar-refractivity contribution in [3.8, 4) is 0 Å². The average Bonchev–Trinajstić information content (AvgIpc) is 1.84. The van der Waals surface area contributed by atoms with E-state index in [0.717, 1.165) is 0 Å². The minimum atomic E-state index is -0.146. The Morgan fingerprint density at radius 1 is 1.88 bits per heavy atom. The maximum Gasteiger partial charge on any atom is 0.148 e. The van der Waals surface area contributed by atoms with Gasteiger partial charge in [-0.2, -0.15) is 0 Å². The smallest absolute Gasteiger partial charge is 0.148 e. The molecule has 0 bridgehead atoms. The van der Waals surface area contributed by atoms with E-state index in [1.807, 2.05) is 0 Å². The van der Waals surface area contributed by atoms with Crippen molar-refractivity contribution in [3.63, 3.8) is 0 Å². The molecule has 0 aliphatic heterocycles. The lowest BCUT2D eigenvalue weighted by molar-refractivity contribution is -0.105. The lowest BCUT2D eigenvalue weighted by Crippen LogP contribution is -2.07. The Morgan fingerprint density at radius 3 is 2.50 bits per heavy atom. The zero-order valence-corrected chi connectivity index (χ0v) is 5.18. The van der Waals surface area contributed by atoms with E-state index in [0.29, 0.717) is 11.9 Å². The molecule has 2 nitrogen and oxygen atoms in total. The second-order valence-electron chi connectivity index (χ2n) is 1.57. The van der Waals surface area contributed by atoms with E-state index in [9.17, 15) is 4.79 Å². The summed E-state index contributed by atoms with van der Waals surface area (Å²) >= 11 is 0. The minimum Gasteiger partial charge on any atom is -0.377 e. The summed E-state index contributed by atoms with van der Waals surface area (Å²) < 4.78 is 4.77. The summed E-state index contributed by atoms with van der Waals surface area (Å²) in [6.45, 7) is 5.23. The third-order valence-corrected chi connectivity index (χ3v) is 1.03. The van der Waals surface area contributed by atoms with Gasteiger partial charge in [-0.15, -0.1) is 0 Å². The van der Waals surface area contributed by atoms with E-state index >= 15 is 0 Å². The Balaban J connectivity index is 3.62. The summed E-state index contributed by atoms with van der Waals surface area (Å²) in [4.78, 5) is 9.93. The Labute approximate surface area is 49.1 Å². The number of hydrogen-bond acceptors (Lipinski definition) is 2. The standard InChI is InChI=1S/C6H10O2/c1-5(4-7)6(2)8-3/h4,6H,1H2,2-3H3. The summed E-state index contributed by atoms with van der Waals surface area (Å²) in [7, 11) is 1.54. The van der Waals surface area contributed by atoms with Gasteiger partial charge in [-0.3, -0.25) is 4.79 Å². The maximum atomic E-state index is 9.93. The topological polar surface area (TPSA) is 26.3 Å². The average molecular weight is 114 g/mol. The van der Waals surface area contributed by atoms with Gasteiger partial charge in [-0.25, -0.2) is 0 Å². The van der Waals surface area contributed by atoms with Gasteiger partial charge in [-0.05, 0) is 6.92 Å². The zero-order chi connectivity index (χ0) is 6.57. The first-order valence-electron chi connectivity index (χ1n) is 2.39. The van der Waals surface area contributed by atoms with Crippen molar-refractivity contribution >= 4 is 6.29 Å². The molecule has 0 aromatic rings. The van der Waals surface area contributed by atoms with Crippen LogP contribution in [0, 0.1) is 0 Å². The van der Waals surface area contributed by atoms with Crippen molar-refractivity contribution < 1.29 is 9.53 Å². The molecule has 0 aliphatic rings. The first-order chi connectivity index (χ1) is 3.72. The van der Waals surface area contributed by atoms with Gasteiger partial charge >= 0.3 is 0 Å². The molecule has 0 heterocycles. The fourth-order valence-electron chi connectivity index (χ4n) is 0.247. The molecule has 8 heavy (non-hydrogen) atoms. The van der Waals surface area contributed by atoms with E-state index in [1.165, 1.54) is 0 Å². The molecule has 0 saturated carbocycles. The van der Waals surface area contributed by atoms with Gasteiger partial charge < -0.3 is 4.74 Å². The van der Waals surface area contributed by atoms with Crippen LogP contribution in [0.2, 0.25) is 0 Å². The zero-order valence-electron chi connectivity index (χ0n) is 5.18. The van der Waals surface area contributed by atoms with Crippen molar-refractivity contribution in [3.05, 3.63) is 12.2 Å². The molecular weight excluding hydrogens is 104 g/mol. The molecule has 0 N–H and O–H groups in total. The van der Waals surface area contributed by atoms with E-state index in [2.05, 4.69) is 6.58 Å². The number of ether oxygens (including phenoxy) is 1. The molecular formula is C6H10O2. The Hall–Kier alpha value is -0.630. The van der Waals surface area contributed by atoms with Crippen LogP contribution in [0.1, 0.15) is 6.92 Å². The molecule has 1 unspecified atom stereocenters. The first kappa shape index (κ1) is 7.37. The SMILES string of the molecule is C=C(C=O)C(C)OC. The van der Waals surface area contributed by atoms with Crippen molar-refractivity contribution in [2.45, 2.75) is 13.0 Å². The predicted octanol–water partition coefficient (Wildman–Crippen LogP) is 0.776. The third kappa shape index (κ3) is 1.89. The van der Waals surface area contributed by atoms with Crippen LogP contribution in [0.25, 0.3) is 0 Å². The van der Waals surface area contributed by atoms with Gasteiger partial charge in [0.2, 0.25) is 0 Å². The molecule has 2 heteroatoms. The molecule has 0 rings (SSSR count). The Kier molecular flexibility index (Phi) is 3.12. The summed E-state index contributed by atoms with van der Waals surface area (Å²) in [5.74, 6) is 0. The van der Waals surface area contributed by atoms with Crippen LogP contribution in [-0.2, 0) is 9.53 Å². The first-order valence-corrected chi connectivity index (χ1v) is 2.39. The van der Waals surface area contributed by atoms with E-state index < -0.39 is 0 Å². The van der Waals surface area contributed by atoms with Crippen molar-refractivity contribution in [1.29, 1.82) is 0 Å². The highest BCUT2D eigenvalue weighted by molar-refractivity contribution is 5.73. The molecule has 1 atom stereocenters. The van der Waals surface area contributed by atoms with Crippen LogP contribution in [0.3, 0.4) is 0 Å². The molecule has 0 spiro atoms. The van der Waals surface area contributed by atoms with Gasteiger partial charge in [0.25, 0.3) is 0 Å². The van der Waals surface area contributed by atoms with Gasteiger partial charge in [0.15, 0.2) is 0 Å². The quantitative estimate of drug-likeness (QED) is 0.400. The van der Waals surface area contributed by atoms with E-state index in [1.54, 1.807) is 14.0 Å². The van der Waals surface area contributed by atoms with Gasteiger partial charge in [0, 0.05) is 12.7 Å². The number of rotatable bonds is 3. The highest BCUT2D eigenvalue weighted by Crippen LogP contribution is 1.96. The molecule has 0 radical (unpaired) electrons. The largest absolute Gasteiger partial charge is 0.377 e. The van der Waals surface area contributed by atoms with E-state index in [-0.39, 0.29) is 6.10 Å². The number of aldehydes is 1. The van der Waals surface area contributed by atoms with Crippen LogP contribution in [-0.4, -0.2) is 19.5 Å². The van der Waals surface area contributed by atoms with Crippen LogP contribution >= 0.6 is 0 Å². The van der Waals surface area contributed by atoms with Crippen LogP contribution in [0.4, 0.5) is 0 Å². The summed E-state index contributed by atoms with van der Waals surface area (Å²) in [6.07, 6.45) is 0.557. The van der Waals surface area contributed by atoms with Gasteiger partial charge in [0.1, 0.15) is 6.29 Å². The molecule has 0 aliphatic carbocycles. The number of hydrogen-bond donors (Lipinski definition) is 0. The number of carbonyl (C=O) groups excluding carboxylic acids is 1. The summed E-state index contributed by atoms with van der Waals surface area (Å²) in [5, 5.41) is 0. The van der Waals surface area contributed by atoms with Crippen molar-refractivity contribution in [2.24, 2.45) is 0 Å². The Morgan fingerprint density at radius 2 is 2.38 bits per heavy atom. The third-order valence-electron chi connectivity index (χ3n) is 1.03. The summed E-state index contributed by atoms with van der Waals surface area (Å²) in [6, 6.07) is 0. The fraction of sp³-hybridized carbons (Fsp3) is 0.500. The lowest BCUT2D eigenvalue weighted by Gasteiger charge is -2.04. The Bertz CT molecular complexity index is 96.7. The second-order valence-corrected chi connectivity index (χ2v) is 1.57. The number of carbonyl (C=O) groups is 1. The van der Waals surface area contributed by atoms with Crippen LogP contribution in [0.5, 0.6) is 0 Å². The normalized spacial score (nSPS) is 12.8. The molecule has 0 aromatic heterocycles. The van der Waals surface area contributed by atoms with Crippen LogP contribution < -0.4 is 0 Å². The summed E-state index contributed by atoms with van der Waals surface area (Å²) in [5.41, 5.74) is 0.479. The molecule has 0 saturated heterocycles. The highest BCUT2D eigenvalue weighted by Gasteiger charge is 2.00. The molecule has 46 valence electrons. The molecule has 0 aromatic carbocycles. The molecule has 0 fully saturated rings. The highest BCUT2D eigenvalue weighted by atomic mass is 16.5. The van der Waals surface area contributed by atoms with Crippen molar-refractivity contribution in [2.75, 3.05) is 7.11 Å².